The standard InChI is InChI=1S/C16H22N2O3/c1-11-16(20,6-7-21-11)10-18-15(19)14-8-12-4-2-3-5-13(12)9-17-14/h2-5,11,14,17,20H,6-10H2,1H3,(H,18,19). The fourth-order valence-electron chi connectivity index (χ4n) is 3.01. The number of hydrogen-bond donors (Lipinski definition) is 3. The Morgan fingerprint density at radius 3 is 2.95 bits per heavy atom. The molecule has 0 aromatic heterocycles. The van der Waals surface area contributed by atoms with Gasteiger partial charge < -0.3 is 20.5 Å². The first-order valence-electron chi connectivity index (χ1n) is 7.50. The van der Waals surface area contributed by atoms with Crippen molar-refractivity contribution < 1.29 is 14.6 Å². The molecule has 2 aliphatic heterocycles. The van der Waals surface area contributed by atoms with Crippen molar-refractivity contribution in [2.24, 2.45) is 0 Å². The molecule has 3 atom stereocenters. The summed E-state index contributed by atoms with van der Waals surface area (Å²) in [5.74, 6) is -0.0583. The number of nitrogens with one attached hydrogen (secondary N) is 2. The summed E-state index contributed by atoms with van der Waals surface area (Å²) in [6.07, 6.45) is 1.01. The van der Waals surface area contributed by atoms with Gasteiger partial charge in [-0.05, 0) is 24.5 Å². The lowest BCUT2D eigenvalue weighted by atomic mass is 9.94. The van der Waals surface area contributed by atoms with E-state index >= 15 is 0 Å². The lowest BCUT2D eigenvalue weighted by Crippen LogP contribution is -2.53. The van der Waals surface area contributed by atoms with Crippen LogP contribution in [0.25, 0.3) is 0 Å². The Morgan fingerprint density at radius 1 is 1.48 bits per heavy atom. The van der Waals surface area contributed by atoms with Crippen LogP contribution in [0.5, 0.6) is 0 Å². The van der Waals surface area contributed by atoms with Crippen molar-refractivity contribution in [3.8, 4) is 0 Å². The highest BCUT2D eigenvalue weighted by molar-refractivity contribution is 5.82. The molecule has 1 saturated heterocycles. The molecule has 21 heavy (non-hydrogen) atoms. The van der Waals surface area contributed by atoms with Gasteiger partial charge in [-0.15, -0.1) is 0 Å². The van der Waals surface area contributed by atoms with E-state index in [1.165, 1.54) is 11.1 Å². The molecule has 0 spiro atoms. The van der Waals surface area contributed by atoms with Crippen molar-refractivity contribution in [3.05, 3.63) is 35.4 Å². The predicted molar refractivity (Wildman–Crippen MR) is 78.8 cm³/mol. The average molecular weight is 290 g/mol. The fraction of sp³-hybridized carbons (Fsp3) is 0.562. The maximum atomic E-state index is 12.3. The van der Waals surface area contributed by atoms with Crippen LogP contribution in [0.1, 0.15) is 24.5 Å². The van der Waals surface area contributed by atoms with Crippen LogP contribution in [0, 0.1) is 0 Å². The first-order valence-corrected chi connectivity index (χ1v) is 7.50. The third kappa shape index (κ3) is 2.95. The lowest BCUT2D eigenvalue weighted by molar-refractivity contribution is -0.125. The Bertz CT molecular complexity index is 534. The summed E-state index contributed by atoms with van der Waals surface area (Å²) in [7, 11) is 0. The van der Waals surface area contributed by atoms with Gasteiger partial charge in [0.15, 0.2) is 0 Å². The summed E-state index contributed by atoms with van der Waals surface area (Å²) in [4.78, 5) is 12.3. The third-order valence-corrected chi connectivity index (χ3v) is 4.63. The number of carbonyl (C=O) groups excluding carboxylic acids is 1. The molecule has 1 amide bonds. The van der Waals surface area contributed by atoms with Gasteiger partial charge in [0.25, 0.3) is 0 Å². The quantitative estimate of drug-likeness (QED) is 0.751. The van der Waals surface area contributed by atoms with Crippen LogP contribution in [-0.4, -0.2) is 41.9 Å². The minimum Gasteiger partial charge on any atom is -0.385 e. The maximum Gasteiger partial charge on any atom is 0.237 e. The molecule has 0 bridgehead atoms. The molecule has 1 aromatic carbocycles. The van der Waals surface area contributed by atoms with Gasteiger partial charge >= 0.3 is 0 Å². The number of aliphatic hydroxyl groups is 1. The van der Waals surface area contributed by atoms with Crippen molar-refractivity contribution in [2.45, 2.75) is 44.1 Å². The zero-order chi connectivity index (χ0) is 14.9. The topological polar surface area (TPSA) is 70.6 Å². The fourth-order valence-corrected chi connectivity index (χ4v) is 3.01. The van der Waals surface area contributed by atoms with Gasteiger partial charge in [-0.1, -0.05) is 24.3 Å². The van der Waals surface area contributed by atoms with Gasteiger partial charge in [0.2, 0.25) is 5.91 Å². The summed E-state index contributed by atoms with van der Waals surface area (Å²) in [6, 6.07) is 7.92. The molecule has 3 rings (SSSR count). The first kappa shape index (κ1) is 14.5. The molecule has 114 valence electrons. The van der Waals surface area contributed by atoms with E-state index in [9.17, 15) is 9.90 Å². The van der Waals surface area contributed by atoms with E-state index in [4.69, 9.17) is 4.74 Å². The number of rotatable bonds is 3. The molecule has 2 heterocycles. The van der Waals surface area contributed by atoms with Crippen molar-refractivity contribution in [3.63, 3.8) is 0 Å². The van der Waals surface area contributed by atoms with Gasteiger partial charge in [0.05, 0.1) is 12.1 Å². The normalized spacial score (nSPS) is 31.7. The Morgan fingerprint density at radius 2 is 2.24 bits per heavy atom. The molecule has 0 radical (unpaired) electrons. The Kier molecular flexibility index (Phi) is 3.97. The summed E-state index contributed by atoms with van der Waals surface area (Å²) < 4.78 is 5.38. The number of carbonyl (C=O) groups is 1. The highest BCUT2D eigenvalue weighted by atomic mass is 16.5. The van der Waals surface area contributed by atoms with Crippen molar-refractivity contribution in [1.29, 1.82) is 0 Å². The molecule has 5 nitrogen and oxygen atoms in total. The molecular formula is C16H22N2O3. The maximum absolute atomic E-state index is 12.3. The molecule has 3 N–H and O–H groups in total. The van der Waals surface area contributed by atoms with Crippen LogP contribution in [-0.2, 0) is 22.5 Å². The molecule has 5 heteroatoms. The van der Waals surface area contributed by atoms with Gasteiger partial charge in [-0.2, -0.15) is 0 Å². The van der Waals surface area contributed by atoms with Crippen molar-refractivity contribution in [1.82, 2.24) is 10.6 Å². The van der Waals surface area contributed by atoms with Gasteiger partial charge in [0, 0.05) is 26.1 Å². The van der Waals surface area contributed by atoms with E-state index in [0.29, 0.717) is 26.0 Å². The zero-order valence-corrected chi connectivity index (χ0v) is 12.3. The largest absolute Gasteiger partial charge is 0.385 e. The second kappa shape index (κ2) is 5.75. The van der Waals surface area contributed by atoms with Crippen LogP contribution >= 0.6 is 0 Å². The molecule has 2 aliphatic rings. The molecular weight excluding hydrogens is 268 g/mol. The number of fused-ring (bicyclic) bond motifs is 1. The second-order valence-corrected chi connectivity index (χ2v) is 5.99. The molecule has 1 fully saturated rings. The molecule has 3 unspecified atom stereocenters. The minimum atomic E-state index is -0.942. The molecule has 0 saturated carbocycles. The molecule has 0 aliphatic carbocycles. The van der Waals surface area contributed by atoms with E-state index in [1.54, 1.807) is 0 Å². The van der Waals surface area contributed by atoms with E-state index in [0.717, 1.165) is 0 Å². The molecule has 1 aromatic rings. The lowest BCUT2D eigenvalue weighted by Gasteiger charge is -2.29. The third-order valence-electron chi connectivity index (χ3n) is 4.63. The van der Waals surface area contributed by atoms with Crippen LogP contribution in [0.2, 0.25) is 0 Å². The minimum absolute atomic E-state index is 0.0583. The number of amides is 1. The number of ether oxygens (including phenoxy) is 1. The van der Waals surface area contributed by atoms with Crippen molar-refractivity contribution >= 4 is 5.91 Å². The summed E-state index contributed by atoms with van der Waals surface area (Å²) >= 11 is 0. The number of hydrogen-bond acceptors (Lipinski definition) is 4. The van der Waals surface area contributed by atoms with E-state index in [2.05, 4.69) is 22.8 Å². The highest BCUT2D eigenvalue weighted by Crippen LogP contribution is 2.25. The van der Waals surface area contributed by atoms with Crippen LogP contribution in [0.4, 0.5) is 0 Å². The highest BCUT2D eigenvalue weighted by Gasteiger charge is 2.40. The summed E-state index contributed by atoms with van der Waals surface area (Å²) in [5, 5.41) is 16.5. The van der Waals surface area contributed by atoms with Gasteiger partial charge in [0.1, 0.15) is 5.60 Å². The second-order valence-electron chi connectivity index (χ2n) is 5.99. The Balaban J connectivity index is 1.57. The van der Waals surface area contributed by atoms with E-state index in [1.807, 2.05) is 19.1 Å². The van der Waals surface area contributed by atoms with Gasteiger partial charge in [-0.3, -0.25) is 4.79 Å². The van der Waals surface area contributed by atoms with Crippen molar-refractivity contribution in [2.75, 3.05) is 13.2 Å². The average Bonchev–Trinajstić information content (AvgIpc) is 2.84. The SMILES string of the molecule is CC1OCCC1(O)CNC(=O)C1Cc2ccccc2CN1. The first-order chi connectivity index (χ1) is 10.1. The zero-order valence-electron chi connectivity index (χ0n) is 12.3. The van der Waals surface area contributed by atoms with Crippen LogP contribution in [0.15, 0.2) is 24.3 Å². The van der Waals surface area contributed by atoms with Gasteiger partial charge in [-0.25, -0.2) is 0 Å². The van der Waals surface area contributed by atoms with Crippen LogP contribution in [0.3, 0.4) is 0 Å². The summed E-state index contributed by atoms with van der Waals surface area (Å²) in [5.41, 5.74) is 1.52. The Labute approximate surface area is 124 Å². The monoisotopic (exact) mass is 290 g/mol. The summed E-state index contributed by atoms with van der Waals surface area (Å²) in [6.45, 7) is 3.34. The van der Waals surface area contributed by atoms with E-state index in [-0.39, 0.29) is 24.6 Å². The smallest absolute Gasteiger partial charge is 0.237 e. The predicted octanol–water partition coefficient (Wildman–Crippen LogP) is 0.357. The number of benzene rings is 1. The van der Waals surface area contributed by atoms with E-state index < -0.39 is 5.60 Å². The Hall–Kier alpha value is -1.43. The van der Waals surface area contributed by atoms with Crippen LogP contribution < -0.4 is 10.6 Å².